The number of sulfonamides is 1. The van der Waals surface area contributed by atoms with Crippen molar-refractivity contribution in [1.29, 1.82) is 0 Å². The first-order valence-electron chi connectivity index (χ1n) is 7.30. The Morgan fingerprint density at radius 2 is 2.14 bits per heavy atom. The molecule has 5 nitrogen and oxygen atoms in total. The quantitative estimate of drug-likeness (QED) is 0.860. The lowest BCUT2D eigenvalue weighted by Gasteiger charge is -2.31. The van der Waals surface area contributed by atoms with Crippen molar-refractivity contribution in [3.05, 3.63) is 35.4 Å². The van der Waals surface area contributed by atoms with E-state index in [2.05, 4.69) is 0 Å². The highest BCUT2D eigenvalue weighted by Crippen LogP contribution is 2.21. The van der Waals surface area contributed by atoms with Gasteiger partial charge in [0.25, 0.3) is 0 Å². The van der Waals surface area contributed by atoms with Crippen LogP contribution in [-0.2, 0) is 27.1 Å². The van der Waals surface area contributed by atoms with Gasteiger partial charge in [0.15, 0.2) is 0 Å². The largest absolute Gasteiger partial charge is 0.384 e. The Bertz CT molecular complexity index is 558. The number of hydrogen-bond acceptors (Lipinski definition) is 4. The third-order valence-electron chi connectivity index (χ3n) is 3.85. The second-order valence-corrected chi connectivity index (χ2v) is 7.57. The molecule has 21 heavy (non-hydrogen) atoms. The minimum absolute atomic E-state index is 0.0422. The molecular weight excluding hydrogens is 288 g/mol. The molecule has 1 aliphatic rings. The smallest absolute Gasteiger partial charge is 0.218 e. The molecule has 1 aliphatic heterocycles. The molecule has 1 saturated heterocycles. The molecular formula is C15H24N2O3S. The van der Waals surface area contributed by atoms with E-state index in [1.54, 1.807) is 11.4 Å². The molecule has 1 atom stereocenters. The molecule has 1 fully saturated rings. The fourth-order valence-corrected chi connectivity index (χ4v) is 4.43. The predicted molar refractivity (Wildman–Crippen MR) is 83.1 cm³/mol. The van der Waals surface area contributed by atoms with Gasteiger partial charge in [-0.2, -0.15) is 0 Å². The molecule has 1 aromatic carbocycles. The fourth-order valence-electron chi connectivity index (χ4n) is 2.80. The van der Waals surface area contributed by atoms with E-state index in [1.807, 2.05) is 24.3 Å². The summed E-state index contributed by atoms with van der Waals surface area (Å²) in [5, 5.41) is 0. The minimum atomic E-state index is -3.28. The number of ether oxygens (including phenoxy) is 1. The fraction of sp³-hybridized carbons (Fsp3) is 0.600. The maximum Gasteiger partial charge on any atom is 0.218 e. The molecule has 0 aliphatic carbocycles. The van der Waals surface area contributed by atoms with Crippen molar-refractivity contribution in [2.75, 3.05) is 26.8 Å². The Balaban J connectivity index is 2.06. The van der Waals surface area contributed by atoms with Crippen molar-refractivity contribution in [2.24, 2.45) is 11.7 Å². The Morgan fingerprint density at radius 1 is 1.38 bits per heavy atom. The second-order valence-electron chi connectivity index (χ2n) is 5.60. The zero-order chi connectivity index (χ0) is 15.3. The van der Waals surface area contributed by atoms with Crippen LogP contribution in [0.25, 0.3) is 0 Å². The van der Waals surface area contributed by atoms with Crippen molar-refractivity contribution in [1.82, 2.24) is 4.31 Å². The number of nitrogens with zero attached hydrogens (tertiary/aromatic N) is 1. The van der Waals surface area contributed by atoms with Crippen molar-refractivity contribution in [2.45, 2.75) is 25.1 Å². The van der Waals surface area contributed by atoms with Crippen LogP contribution in [0.5, 0.6) is 0 Å². The van der Waals surface area contributed by atoms with Gasteiger partial charge in [0.1, 0.15) is 0 Å². The third kappa shape index (κ3) is 4.51. The summed E-state index contributed by atoms with van der Waals surface area (Å²) in [4.78, 5) is 0. The highest BCUT2D eigenvalue weighted by molar-refractivity contribution is 7.88. The molecule has 0 saturated carbocycles. The van der Waals surface area contributed by atoms with Crippen molar-refractivity contribution < 1.29 is 13.2 Å². The van der Waals surface area contributed by atoms with Gasteiger partial charge in [-0.25, -0.2) is 12.7 Å². The van der Waals surface area contributed by atoms with Gasteiger partial charge >= 0.3 is 0 Å². The van der Waals surface area contributed by atoms with E-state index in [1.165, 1.54) is 0 Å². The maximum atomic E-state index is 12.6. The third-order valence-corrected chi connectivity index (χ3v) is 5.67. The van der Waals surface area contributed by atoms with Gasteiger partial charge in [-0.15, -0.1) is 0 Å². The van der Waals surface area contributed by atoms with Gasteiger partial charge in [-0.1, -0.05) is 24.3 Å². The van der Waals surface area contributed by atoms with Crippen LogP contribution in [0.15, 0.2) is 24.3 Å². The number of nitrogens with two attached hydrogens (primary N) is 1. The number of rotatable bonds is 6. The standard InChI is InChI=1S/C15H24N2O3S/c1-20-11-15-6-3-7-17(10-15)21(18,19)12-14-5-2-4-13(8-14)9-16/h2,4-5,8,15H,3,6-7,9-12,16H2,1H3. The molecule has 6 heteroatoms. The van der Waals surface area contributed by atoms with Crippen LogP contribution in [0.1, 0.15) is 24.0 Å². The first-order chi connectivity index (χ1) is 10.0. The van der Waals surface area contributed by atoms with Gasteiger partial charge in [0.2, 0.25) is 10.0 Å². The van der Waals surface area contributed by atoms with Gasteiger partial charge in [0, 0.05) is 26.7 Å². The van der Waals surface area contributed by atoms with Crippen LogP contribution in [0.2, 0.25) is 0 Å². The van der Waals surface area contributed by atoms with E-state index < -0.39 is 10.0 Å². The zero-order valence-electron chi connectivity index (χ0n) is 12.5. The highest BCUT2D eigenvalue weighted by Gasteiger charge is 2.28. The topological polar surface area (TPSA) is 72.6 Å². The van der Waals surface area contributed by atoms with Crippen LogP contribution in [-0.4, -0.2) is 39.5 Å². The summed E-state index contributed by atoms with van der Waals surface area (Å²) in [6, 6.07) is 7.48. The van der Waals surface area contributed by atoms with Gasteiger partial charge in [0.05, 0.1) is 12.4 Å². The van der Waals surface area contributed by atoms with E-state index in [4.69, 9.17) is 10.5 Å². The molecule has 1 aromatic rings. The molecule has 0 spiro atoms. The monoisotopic (exact) mass is 312 g/mol. The molecule has 0 bridgehead atoms. The summed E-state index contributed by atoms with van der Waals surface area (Å²) in [6.07, 6.45) is 1.93. The lowest BCUT2D eigenvalue weighted by molar-refractivity contribution is 0.118. The maximum absolute atomic E-state index is 12.6. The Morgan fingerprint density at radius 3 is 2.86 bits per heavy atom. The highest BCUT2D eigenvalue weighted by atomic mass is 32.2. The van der Waals surface area contributed by atoms with Crippen LogP contribution in [0, 0.1) is 5.92 Å². The average molecular weight is 312 g/mol. The number of benzene rings is 1. The van der Waals surface area contributed by atoms with Crippen LogP contribution in [0.3, 0.4) is 0 Å². The minimum Gasteiger partial charge on any atom is -0.384 e. The molecule has 0 amide bonds. The van der Waals surface area contributed by atoms with Crippen LogP contribution >= 0.6 is 0 Å². The Kier molecular flexibility index (Phi) is 5.75. The lowest BCUT2D eigenvalue weighted by atomic mass is 10.0. The molecule has 0 radical (unpaired) electrons. The SMILES string of the molecule is COCC1CCCN(S(=O)(=O)Cc2cccc(CN)c2)C1. The Hall–Kier alpha value is -0.950. The molecule has 2 N–H and O–H groups in total. The van der Waals surface area contributed by atoms with Gasteiger partial charge in [-0.05, 0) is 29.9 Å². The average Bonchev–Trinajstić information content (AvgIpc) is 2.48. The number of hydrogen-bond donors (Lipinski definition) is 1. The van der Waals surface area contributed by atoms with E-state index in [0.29, 0.717) is 32.2 Å². The van der Waals surface area contributed by atoms with E-state index >= 15 is 0 Å². The first-order valence-corrected chi connectivity index (χ1v) is 8.90. The van der Waals surface area contributed by atoms with E-state index in [0.717, 1.165) is 24.0 Å². The van der Waals surface area contributed by atoms with Crippen molar-refractivity contribution >= 4 is 10.0 Å². The second kappa shape index (κ2) is 7.35. The zero-order valence-corrected chi connectivity index (χ0v) is 13.3. The van der Waals surface area contributed by atoms with E-state index in [-0.39, 0.29) is 5.75 Å². The number of piperidine rings is 1. The van der Waals surface area contributed by atoms with Gasteiger partial charge < -0.3 is 10.5 Å². The van der Waals surface area contributed by atoms with Crippen molar-refractivity contribution in [3.8, 4) is 0 Å². The molecule has 1 heterocycles. The molecule has 118 valence electrons. The van der Waals surface area contributed by atoms with Crippen LogP contribution < -0.4 is 5.73 Å². The normalized spacial score (nSPS) is 20.6. The summed E-state index contributed by atoms with van der Waals surface area (Å²) in [6.45, 7) is 2.22. The Labute approximate surface area is 127 Å². The number of methoxy groups -OCH3 is 1. The summed E-state index contributed by atoms with van der Waals surface area (Å²) >= 11 is 0. The summed E-state index contributed by atoms with van der Waals surface area (Å²) in [5.41, 5.74) is 7.36. The predicted octanol–water partition coefficient (Wildman–Crippen LogP) is 1.33. The van der Waals surface area contributed by atoms with Crippen LogP contribution in [0.4, 0.5) is 0 Å². The summed E-state index contributed by atoms with van der Waals surface area (Å²) in [7, 11) is -1.62. The van der Waals surface area contributed by atoms with Crippen molar-refractivity contribution in [3.63, 3.8) is 0 Å². The summed E-state index contributed by atoms with van der Waals surface area (Å²) in [5.74, 6) is 0.342. The van der Waals surface area contributed by atoms with Gasteiger partial charge in [-0.3, -0.25) is 0 Å². The first kappa shape index (κ1) is 16.4. The molecule has 1 unspecified atom stereocenters. The lowest BCUT2D eigenvalue weighted by Crippen LogP contribution is -2.41. The summed E-state index contributed by atoms with van der Waals surface area (Å²) < 4.78 is 31.9. The van der Waals surface area contributed by atoms with E-state index in [9.17, 15) is 8.42 Å². The molecule has 2 rings (SSSR count). The molecule has 0 aromatic heterocycles.